The van der Waals surface area contributed by atoms with Gasteiger partial charge in [-0.25, -0.2) is 0 Å². The van der Waals surface area contributed by atoms with E-state index in [0.29, 0.717) is 24.4 Å². The molecule has 0 bridgehead atoms. The number of unbranched alkanes of at least 4 members (excludes halogenated alkanes) is 2. The Bertz CT molecular complexity index is 341. The largest absolute Gasteiger partial charge is 0.407 e. The Labute approximate surface area is 115 Å². The van der Waals surface area contributed by atoms with E-state index in [1.54, 1.807) is 0 Å². The van der Waals surface area contributed by atoms with Crippen molar-refractivity contribution in [2.45, 2.75) is 39.7 Å². The van der Waals surface area contributed by atoms with Gasteiger partial charge in [-0.3, -0.25) is 0 Å². The Morgan fingerprint density at radius 3 is 2.74 bits per heavy atom. The zero-order valence-corrected chi connectivity index (χ0v) is 12.2. The molecule has 6 nitrogen and oxygen atoms in total. The predicted molar refractivity (Wildman–Crippen MR) is 75.0 cm³/mol. The minimum absolute atomic E-state index is 0.260. The quantitative estimate of drug-likeness (QED) is 0.626. The molecule has 2 N–H and O–H groups in total. The standard InChI is InChI=1S/C13H26N4O2/c1-11(2)9-14-10-12-15-16-13(19-12)17(3)7-5-4-6-8-18/h11,14,18H,4-10H2,1-3H3. The van der Waals surface area contributed by atoms with Gasteiger partial charge in [0.05, 0.1) is 6.54 Å². The highest BCUT2D eigenvalue weighted by molar-refractivity contribution is 5.21. The SMILES string of the molecule is CC(C)CNCc1nnc(N(C)CCCCCO)o1. The van der Waals surface area contributed by atoms with Gasteiger partial charge in [-0.1, -0.05) is 18.9 Å². The monoisotopic (exact) mass is 270 g/mol. The van der Waals surface area contributed by atoms with Gasteiger partial charge in [-0.2, -0.15) is 0 Å². The molecule has 0 aromatic carbocycles. The first kappa shape index (κ1) is 15.9. The molecular formula is C13H26N4O2. The van der Waals surface area contributed by atoms with Crippen molar-refractivity contribution in [2.75, 3.05) is 31.6 Å². The van der Waals surface area contributed by atoms with Crippen LogP contribution < -0.4 is 10.2 Å². The molecule has 1 aromatic rings. The van der Waals surface area contributed by atoms with Crippen LogP contribution in [0.1, 0.15) is 39.0 Å². The lowest BCUT2D eigenvalue weighted by atomic mass is 10.2. The van der Waals surface area contributed by atoms with Crippen molar-refractivity contribution in [3.63, 3.8) is 0 Å². The van der Waals surface area contributed by atoms with Crippen LogP contribution in [-0.4, -0.2) is 42.0 Å². The number of anilines is 1. The first-order valence-electron chi connectivity index (χ1n) is 6.98. The van der Waals surface area contributed by atoms with Gasteiger partial charge < -0.3 is 19.7 Å². The molecular weight excluding hydrogens is 244 g/mol. The number of nitrogens with one attached hydrogen (secondary N) is 1. The molecule has 0 fully saturated rings. The highest BCUT2D eigenvalue weighted by atomic mass is 16.4. The summed E-state index contributed by atoms with van der Waals surface area (Å²) < 4.78 is 5.58. The van der Waals surface area contributed by atoms with E-state index in [0.717, 1.165) is 32.4 Å². The van der Waals surface area contributed by atoms with Gasteiger partial charge >= 0.3 is 6.01 Å². The maximum atomic E-state index is 8.71. The normalized spacial score (nSPS) is 11.2. The van der Waals surface area contributed by atoms with E-state index in [1.807, 2.05) is 11.9 Å². The van der Waals surface area contributed by atoms with Crippen molar-refractivity contribution in [1.29, 1.82) is 0 Å². The molecule has 0 amide bonds. The van der Waals surface area contributed by atoms with Crippen LogP contribution in [0.5, 0.6) is 0 Å². The lowest BCUT2D eigenvalue weighted by molar-refractivity contribution is 0.283. The number of aliphatic hydroxyl groups excluding tert-OH is 1. The summed E-state index contributed by atoms with van der Waals surface area (Å²) in [7, 11) is 1.94. The Kier molecular flexibility index (Phi) is 7.43. The lowest BCUT2D eigenvalue weighted by Crippen LogP contribution is -2.19. The number of aliphatic hydroxyl groups is 1. The fourth-order valence-corrected chi connectivity index (χ4v) is 1.67. The highest BCUT2D eigenvalue weighted by Crippen LogP contribution is 2.11. The molecule has 0 aliphatic rings. The van der Waals surface area contributed by atoms with Gasteiger partial charge in [0.25, 0.3) is 0 Å². The minimum atomic E-state index is 0.260. The van der Waals surface area contributed by atoms with Gasteiger partial charge in [0.1, 0.15) is 0 Å². The fraction of sp³-hybridized carbons (Fsp3) is 0.846. The molecule has 0 aliphatic carbocycles. The van der Waals surface area contributed by atoms with Crippen LogP contribution in [0.15, 0.2) is 4.42 Å². The number of hydrogen-bond acceptors (Lipinski definition) is 6. The van der Waals surface area contributed by atoms with Gasteiger partial charge in [0.2, 0.25) is 5.89 Å². The molecule has 0 saturated carbocycles. The van der Waals surface area contributed by atoms with Gasteiger partial charge in [0, 0.05) is 20.2 Å². The zero-order valence-electron chi connectivity index (χ0n) is 12.2. The lowest BCUT2D eigenvalue weighted by Gasteiger charge is -2.13. The molecule has 1 rings (SSSR count). The molecule has 1 aromatic heterocycles. The molecule has 0 radical (unpaired) electrons. The Hall–Kier alpha value is -1.14. The topological polar surface area (TPSA) is 74.4 Å². The van der Waals surface area contributed by atoms with Crippen LogP contribution in [0.3, 0.4) is 0 Å². The van der Waals surface area contributed by atoms with Crippen molar-refractivity contribution in [2.24, 2.45) is 5.92 Å². The maximum Gasteiger partial charge on any atom is 0.317 e. The molecule has 110 valence electrons. The number of rotatable bonds is 10. The average Bonchev–Trinajstić information content (AvgIpc) is 2.83. The van der Waals surface area contributed by atoms with E-state index in [1.165, 1.54) is 0 Å². The summed E-state index contributed by atoms with van der Waals surface area (Å²) in [6.07, 6.45) is 2.88. The fourth-order valence-electron chi connectivity index (χ4n) is 1.67. The van der Waals surface area contributed by atoms with E-state index in [-0.39, 0.29) is 6.61 Å². The number of nitrogens with zero attached hydrogens (tertiary/aromatic N) is 3. The summed E-state index contributed by atoms with van der Waals surface area (Å²) in [5.41, 5.74) is 0. The molecule has 0 spiro atoms. The van der Waals surface area contributed by atoms with E-state index in [2.05, 4.69) is 29.4 Å². The Morgan fingerprint density at radius 2 is 2.05 bits per heavy atom. The Balaban J connectivity index is 2.28. The summed E-state index contributed by atoms with van der Waals surface area (Å²) in [4.78, 5) is 1.95. The third kappa shape index (κ3) is 6.54. The second-order valence-electron chi connectivity index (χ2n) is 5.21. The van der Waals surface area contributed by atoms with Gasteiger partial charge in [-0.05, 0) is 31.7 Å². The molecule has 19 heavy (non-hydrogen) atoms. The van der Waals surface area contributed by atoms with Gasteiger partial charge in [-0.15, -0.1) is 5.10 Å². The van der Waals surface area contributed by atoms with Crippen LogP contribution >= 0.6 is 0 Å². The average molecular weight is 270 g/mol. The molecule has 0 atom stereocenters. The van der Waals surface area contributed by atoms with E-state index in [4.69, 9.17) is 9.52 Å². The predicted octanol–water partition coefficient (Wildman–Crippen LogP) is 1.41. The van der Waals surface area contributed by atoms with Crippen molar-refractivity contribution in [3.05, 3.63) is 5.89 Å². The van der Waals surface area contributed by atoms with Crippen molar-refractivity contribution in [3.8, 4) is 0 Å². The van der Waals surface area contributed by atoms with Crippen LogP contribution in [0.4, 0.5) is 6.01 Å². The summed E-state index contributed by atoms with van der Waals surface area (Å²) in [6.45, 7) is 6.99. The first-order chi connectivity index (χ1) is 9.13. The minimum Gasteiger partial charge on any atom is -0.407 e. The van der Waals surface area contributed by atoms with Crippen LogP contribution in [0, 0.1) is 5.92 Å². The highest BCUT2D eigenvalue weighted by Gasteiger charge is 2.10. The van der Waals surface area contributed by atoms with Crippen molar-refractivity contribution in [1.82, 2.24) is 15.5 Å². The van der Waals surface area contributed by atoms with E-state index >= 15 is 0 Å². The number of hydrogen-bond donors (Lipinski definition) is 2. The summed E-state index contributed by atoms with van der Waals surface area (Å²) in [6, 6.07) is 0.561. The van der Waals surface area contributed by atoms with E-state index in [9.17, 15) is 0 Å². The second-order valence-corrected chi connectivity index (χ2v) is 5.21. The molecule has 0 aliphatic heterocycles. The van der Waals surface area contributed by atoms with Crippen molar-refractivity contribution >= 4 is 6.01 Å². The van der Waals surface area contributed by atoms with Crippen LogP contribution in [0.2, 0.25) is 0 Å². The summed E-state index contributed by atoms with van der Waals surface area (Å²) in [5.74, 6) is 1.23. The first-order valence-corrected chi connectivity index (χ1v) is 6.98. The molecule has 6 heteroatoms. The van der Waals surface area contributed by atoms with Gasteiger partial charge in [0.15, 0.2) is 0 Å². The summed E-state index contributed by atoms with van der Waals surface area (Å²) in [5, 5.41) is 20.0. The van der Waals surface area contributed by atoms with Crippen LogP contribution in [-0.2, 0) is 6.54 Å². The maximum absolute atomic E-state index is 8.71. The molecule has 0 saturated heterocycles. The third-order valence-electron chi connectivity index (χ3n) is 2.76. The molecule has 0 unspecified atom stereocenters. The van der Waals surface area contributed by atoms with Crippen molar-refractivity contribution < 1.29 is 9.52 Å². The third-order valence-corrected chi connectivity index (χ3v) is 2.76. The number of aromatic nitrogens is 2. The second kappa shape index (κ2) is 8.87. The Morgan fingerprint density at radius 1 is 1.26 bits per heavy atom. The smallest absolute Gasteiger partial charge is 0.317 e. The molecule has 1 heterocycles. The summed E-state index contributed by atoms with van der Waals surface area (Å²) >= 11 is 0. The zero-order chi connectivity index (χ0) is 14.1. The van der Waals surface area contributed by atoms with Crippen LogP contribution in [0.25, 0.3) is 0 Å². The van der Waals surface area contributed by atoms with E-state index < -0.39 is 0 Å².